The molecule has 2 aliphatic heterocycles. The Morgan fingerprint density at radius 3 is 3.10 bits per heavy atom. The van der Waals surface area contributed by atoms with Crippen molar-refractivity contribution in [1.29, 1.82) is 0 Å². The fraction of sp³-hybridized carbons (Fsp3) is 0.733. The molecule has 3 rings (SSSR count). The molecule has 0 aliphatic carbocycles. The summed E-state index contributed by atoms with van der Waals surface area (Å²) >= 11 is 1.49. The third-order valence-corrected chi connectivity index (χ3v) is 5.41. The molecular weight excluding hydrogens is 284 g/mol. The molecule has 6 heteroatoms. The first-order valence-corrected chi connectivity index (χ1v) is 8.68. The molecule has 116 valence electrons. The minimum atomic E-state index is 0.0603. The lowest BCUT2D eigenvalue weighted by Crippen LogP contribution is -2.52. The van der Waals surface area contributed by atoms with Crippen molar-refractivity contribution < 1.29 is 4.79 Å². The van der Waals surface area contributed by atoms with Gasteiger partial charge in [0.25, 0.3) is 0 Å². The minimum absolute atomic E-state index is 0.0603. The van der Waals surface area contributed by atoms with Crippen LogP contribution in [0.1, 0.15) is 31.4 Å². The van der Waals surface area contributed by atoms with Gasteiger partial charge in [-0.1, -0.05) is 0 Å². The molecule has 0 saturated carbocycles. The lowest BCUT2D eigenvalue weighted by molar-refractivity contribution is -0.118. The third-order valence-electron chi connectivity index (χ3n) is 4.53. The van der Waals surface area contributed by atoms with Crippen molar-refractivity contribution in [2.24, 2.45) is 5.41 Å². The van der Waals surface area contributed by atoms with Gasteiger partial charge in [-0.05, 0) is 51.1 Å². The highest BCUT2D eigenvalue weighted by molar-refractivity contribution is 7.13. The van der Waals surface area contributed by atoms with Crippen LogP contribution in [0.3, 0.4) is 0 Å². The van der Waals surface area contributed by atoms with Crippen molar-refractivity contribution in [3.63, 3.8) is 0 Å². The first kappa shape index (κ1) is 14.9. The maximum atomic E-state index is 12.2. The monoisotopic (exact) mass is 308 g/mol. The summed E-state index contributed by atoms with van der Waals surface area (Å²) in [6.45, 7) is 6.76. The van der Waals surface area contributed by atoms with Crippen LogP contribution in [0.15, 0.2) is 5.38 Å². The number of carbonyl (C=O) groups excluding carboxylic acids is 1. The summed E-state index contributed by atoms with van der Waals surface area (Å²) in [4.78, 5) is 18.8. The van der Waals surface area contributed by atoms with Gasteiger partial charge in [0.15, 0.2) is 5.13 Å². The molecule has 2 N–H and O–H groups in total. The molecular formula is C15H24N4OS. The van der Waals surface area contributed by atoms with Gasteiger partial charge < -0.3 is 10.6 Å². The maximum Gasteiger partial charge on any atom is 0.240 e. The number of thiazole rings is 1. The van der Waals surface area contributed by atoms with E-state index in [0.717, 1.165) is 31.9 Å². The molecule has 1 aromatic rings. The molecule has 0 aromatic carbocycles. The highest BCUT2D eigenvalue weighted by atomic mass is 32.1. The molecule has 0 radical (unpaired) electrons. The molecule has 1 spiro atoms. The van der Waals surface area contributed by atoms with Crippen molar-refractivity contribution >= 4 is 22.4 Å². The molecule has 1 aromatic heterocycles. The zero-order valence-electron chi connectivity index (χ0n) is 12.7. The first-order valence-electron chi connectivity index (χ1n) is 7.80. The second-order valence-corrected chi connectivity index (χ2v) is 7.29. The standard InChI is InChI=1S/C15H24N4OS/c1-12-9-21-14(17-12)18-13(20)8-19-7-3-5-15(11-19)4-2-6-16-10-15/h9,16H,2-8,10-11H2,1H3,(H,17,18,20). The van der Waals surface area contributed by atoms with Gasteiger partial charge in [0.2, 0.25) is 5.91 Å². The quantitative estimate of drug-likeness (QED) is 0.895. The van der Waals surface area contributed by atoms with E-state index in [0.29, 0.717) is 17.1 Å². The van der Waals surface area contributed by atoms with Crippen molar-refractivity contribution in [3.8, 4) is 0 Å². The topological polar surface area (TPSA) is 57.3 Å². The Balaban J connectivity index is 1.53. The number of likely N-dealkylation sites (tertiary alicyclic amines) is 1. The second-order valence-electron chi connectivity index (χ2n) is 6.44. The highest BCUT2D eigenvalue weighted by Gasteiger charge is 2.36. The summed E-state index contributed by atoms with van der Waals surface area (Å²) in [5.74, 6) is 0.0603. The zero-order valence-corrected chi connectivity index (χ0v) is 13.5. The summed E-state index contributed by atoms with van der Waals surface area (Å²) in [5, 5.41) is 9.11. The Bertz CT molecular complexity index is 490. The zero-order chi connectivity index (χ0) is 14.7. The van der Waals surface area contributed by atoms with Gasteiger partial charge in [0.05, 0.1) is 12.2 Å². The highest BCUT2D eigenvalue weighted by Crippen LogP contribution is 2.35. The number of nitrogens with zero attached hydrogens (tertiary/aromatic N) is 2. The summed E-state index contributed by atoms with van der Waals surface area (Å²) in [6, 6.07) is 0. The van der Waals surface area contributed by atoms with Crippen LogP contribution in [0, 0.1) is 12.3 Å². The fourth-order valence-corrected chi connectivity index (χ4v) is 4.30. The first-order chi connectivity index (χ1) is 10.2. The third kappa shape index (κ3) is 3.81. The van der Waals surface area contributed by atoms with Crippen LogP contribution < -0.4 is 10.6 Å². The van der Waals surface area contributed by atoms with Crippen LogP contribution in [0.25, 0.3) is 0 Å². The van der Waals surface area contributed by atoms with E-state index in [-0.39, 0.29) is 5.91 Å². The Labute approximate surface area is 130 Å². The molecule has 2 saturated heterocycles. The molecule has 2 aliphatic rings. The van der Waals surface area contributed by atoms with E-state index in [4.69, 9.17) is 0 Å². The van der Waals surface area contributed by atoms with Gasteiger partial charge in [0.1, 0.15) is 0 Å². The number of hydrogen-bond acceptors (Lipinski definition) is 5. The van der Waals surface area contributed by atoms with Crippen molar-refractivity contribution in [3.05, 3.63) is 11.1 Å². The lowest BCUT2D eigenvalue weighted by Gasteiger charge is -2.45. The summed E-state index contributed by atoms with van der Waals surface area (Å²) < 4.78 is 0. The molecule has 0 bridgehead atoms. The van der Waals surface area contributed by atoms with E-state index in [2.05, 4.69) is 20.5 Å². The number of anilines is 1. The molecule has 21 heavy (non-hydrogen) atoms. The SMILES string of the molecule is Cc1csc(NC(=O)CN2CCCC3(CCCNC3)C2)n1. The van der Waals surface area contributed by atoms with Crippen LogP contribution >= 0.6 is 11.3 Å². The minimum Gasteiger partial charge on any atom is -0.316 e. The predicted molar refractivity (Wildman–Crippen MR) is 85.7 cm³/mol. The average Bonchev–Trinajstić information content (AvgIpc) is 2.85. The van der Waals surface area contributed by atoms with E-state index < -0.39 is 0 Å². The Hall–Kier alpha value is -0.980. The normalized spacial score (nSPS) is 26.9. The second kappa shape index (κ2) is 6.42. The van der Waals surface area contributed by atoms with E-state index in [1.807, 2.05) is 12.3 Å². The van der Waals surface area contributed by atoms with Gasteiger partial charge in [0, 0.05) is 18.5 Å². The van der Waals surface area contributed by atoms with Crippen LogP contribution in [-0.2, 0) is 4.79 Å². The van der Waals surface area contributed by atoms with Gasteiger partial charge in [-0.3, -0.25) is 9.69 Å². The number of aromatic nitrogens is 1. The van der Waals surface area contributed by atoms with Crippen LogP contribution in [0.5, 0.6) is 0 Å². The average molecular weight is 308 g/mol. The van der Waals surface area contributed by atoms with Crippen molar-refractivity contribution in [2.75, 3.05) is 38.0 Å². The van der Waals surface area contributed by atoms with Gasteiger partial charge in [-0.15, -0.1) is 11.3 Å². The molecule has 1 amide bonds. The van der Waals surface area contributed by atoms with Crippen molar-refractivity contribution in [1.82, 2.24) is 15.2 Å². The molecule has 3 heterocycles. The largest absolute Gasteiger partial charge is 0.316 e. The summed E-state index contributed by atoms with van der Waals surface area (Å²) in [7, 11) is 0. The van der Waals surface area contributed by atoms with E-state index in [9.17, 15) is 4.79 Å². The van der Waals surface area contributed by atoms with E-state index in [1.165, 1.54) is 37.0 Å². The molecule has 5 nitrogen and oxygen atoms in total. The predicted octanol–water partition coefficient (Wildman–Crippen LogP) is 1.86. The number of amides is 1. The number of carbonyl (C=O) groups is 1. The summed E-state index contributed by atoms with van der Waals surface area (Å²) in [6.07, 6.45) is 5.05. The number of nitrogens with one attached hydrogen (secondary N) is 2. The smallest absolute Gasteiger partial charge is 0.240 e. The lowest BCUT2D eigenvalue weighted by atomic mass is 9.74. The van der Waals surface area contributed by atoms with E-state index >= 15 is 0 Å². The maximum absolute atomic E-state index is 12.2. The Morgan fingerprint density at radius 2 is 2.38 bits per heavy atom. The number of piperidine rings is 2. The number of hydrogen-bond donors (Lipinski definition) is 2. The fourth-order valence-electron chi connectivity index (χ4n) is 3.60. The number of aryl methyl sites for hydroxylation is 1. The van der Waals surface area contributed by atoms with Crippen LogP contribution in [0.4, 0.5) is 5.13 Å². The molecule has 2 fully saturated rings. The number of rotatable bonds is 3. The van der Waals surface area contributed by atoms with Crippen LogP contribution in [0.2, 0.25) is 0 Å². The molecule has 1 unspecified atom stereocenters. The Kier molecular flexibility index (Phi) is 4.57. The van der Waals surface area contributed by atoms with Crippen molar-refractivity contribution in [2.45, 2.75) is 32.6 Å². The van der Waals surface area contributed by atoms with Gasteiger partial charge in [-0.25, -0.2) is 4.98 Å². The van der Waals surface area contributed by atoms with Gasteiger partial charge in [-0.2, -0.15) is 0 Å². The Morgan fingerprint density at radius 1 is 1.52 bits per heavy atom. The summed E-state index contributed by atoms with van der Waals surface area (Å²) in [5.41, 5.74) is 1.36. The molecule has 1 atom stereocenters. The van der Waals surface area contributed by atoms with Gasteiger partial charge >= 0.3 is 0 Å². The van der Waals surface area contributed by atoms with E-state index in [1.54, 1.807) is 0 Å². The van der Waals surface area contributed by atoms with Crippen LogP contribution in [-0.4, -0.2) is 48.5 Å².